The summed E-state index contributed by atoms with van der Waals surface area (Å²) in [6, 6.07) is 13.2. The Balaban J connectivity index is 1.77. The first-order chi connectivity index (χ1) is 15.8. The lowest BCUT2D eigenvalue weighted by Crippen LogP contribution is -2.44. The lowest BCUT2D eigenvalue weighted by atomic mass is 10.0. The molecule has 1 aromatic heterocycles. The van der Waals surface area contributed by atoms with Crippen molar-refractivity contribution < 1.29 is 23.5 Å². The molecular weight excluding hydrogens is 422 g/mol. The van der Waals surface area contributed by atoms with Gasteiger partial charge in [-0.3, -0.25) is 0 Å². The van der Waals surface area contributed by atoms with E-state index in [4.69, 9.17) is 13.9 Å². The third kappa shape index (κ3) is 6.44. The van der Waals surface area contributed by atoms with Crippen molar-refractivity contribution >= 4 is 23.0 Å². The normalized spacial score (nSPS) is 11.9. The molecule has 1 N–H and O–H groups in total. The minimum atomic E-state index is -0.891. The van der Waals surface area contributed by atoms with E-state index in [1.165, 1.54) is 6.07 Å². The summed E-state index contributed by atoms with van der Waals surface area (Å²) in [5.41, 5.74) is 2.30. The second-order valence-corrected chi connectivity index (χ2v) is 8.37. The predicted octanol–water partition coefficient (Wildman–Crippen LogP) is 4.91. The maximum absolute atomic E-state index is 13.0. The number of carbonyl (C=O) groups excluding carboxylic acids is 2. The largest absolute Gasteiger partial charge is 0.445 e. The van der Waals surface area contributed by atoms with E-state index in [2.05, 4.69) is 5.32 Å². The number of benzene rings is 2. The van der Waals surface area contributed by atoms with E-state index in [0.29, 0.717) is 24.2 Å². The number of esters is 1. The van der Waals surface area contributed by atoms with E-state index in [-0.39, 0.29) is 12.5 Å². The van der Waals surface area contributed by atoms with Crippen molar-refractivity contribution in [1.29, 1.82) is 0 Å². The van der Waals surface area contributed by atoms with Gasteiger partial charge in [0.2, 0.25) is 0 Å². The van der Waals surface area contributed by atoms with Gasteiger partial charge in [0.1, 0.15) is 24.0 Å². The fourth-order valence-electron chi connectivity index (χ4n) is 3.53. The zero-order valence-corrected chi connectivity index (χ0v) is 19.3. The topological polar surface area (TPSA) is 94.8 Å². The summed E-state index contributed by atoms with van der Waals surface area (Å²) in [7, 11) is 0. The van der Waals surface area contributed by atoms with Crippen LogP contribution in [0.4, 0.5) is 4.79 Å². The molecule has 2 aromatic carbocycles. The fraction of sp³-hybridized carbons (Fsp3) is 0.346. The van der Waals surface area contributed by atoms with Crippen LogP contribution >= 0.6 is 0 Å². The van der Waals surface area contributed by atoms with Crippen molar-refractivity contribution in [2.24, 2.45) is 5.92 Å². The standard InChI is InChI=1S/C26H29NO6/c1-5-19-13-20-17(4)12-24(28)32-23(20)14-22(19)33-25(29)21(11-16(2)3)27-26(30)31-15-18-9-7-6-8-10-18/h6-10,12-14,16,21H,5,11,15H2,1-4H3,(H,27,30). The minimum Gasteiger partial charge on any atom is -0.445 e. The molecule has 7 heteroatoms. The number of fused-ring (bicyclic) bond motifs is 1. The van der Waals surface area contributed by atoms with Gasteiger partial charge in [-0.25, -0.2) is 14.4 Å². The minimum absolute atomic E-state index is 0.0964. The van der Waals surface area contributed by atoms with Crippen LogP contribution in [-0.2, 0) is 22.6 Å². The fourth-order valence-corrected chi connectivity index (χ4v) is 3.53. The van der Waals surface area contributed by atoms with Crippen molar-refractivity contribution in [3.05, 3.63) is 75.6 Å². The first-order valence-corrected chi connectivity index (χ1v) is 11.0. The molecule has 0 radical (unpaired) electrons. The smallest absolute Gasteiger partial charge is 0.408 e. The molecule has 0 saturated heterocycles. The number of aryl methyl sites for hydroxylation is 2. The molecule has 0 aliphatic heterocycles. The molecule has 0 saturated carbocycles. The SMILES string of the molecule is CCc1cc2c(C)cc(=O)oc2cc1OC(=O)C(CC(C)C)NC(=O)OCc1ccccc1. The Morgan fingerprint density at radius 2 is 1.82 bits per heavy atom. The van der Waals surface area contributed by atoms with Crippen molar-refractivity contribution in [3.63, 3.8) is 0 Å². The van der Waals surface area contributed by atoms with Gasteiger partial charge in [-0.2, -0.15) is 0 Å². The Labute approximate surface area is 192 Å². The molecule has 3 aromatic rings. The lowest BCUT2D eigenvalue weighted by Gasteiger charge is -2.20. The maximum atomic E-state index is 13.0. The molecule has 3 rings (SSSR count). The van der Waals surface area contributed by atoms with Gasteiger partial charge in [-0.1, -0.05) is 51.1 Å². The number of amides is 1. The summed E-state index contributed by atoms with van der Waals surface area (Å²) < 4.78 is 16.2. The summed E-state index contributed by atoms with van der Waals surface area (Å²) >= 11 is 0. The average molecular weight is 452 g/mol. The first kappa shape index (κ1) is 24.0. The van der Waals surface area contributed by atoms with Gasteiger partial charge in [0.25, 0.3) is 0 Å². The van der Waals surface area contributed by atoms with Crippen LogP contribution in [0.1, 0.15) is 43.9 Å². The molecule has 1 heterocycles. The van der Waals surface area contributed by atoms with Gasteiger partial charge in [0, 0.05) is 17.5 Å². The molecule has 0 spiro atoms. The molecule has 0 aliphatic rings. The molecule has 1 unspecified atom stereocenters. The number of hydrogen-bond donors (Lipinski definition) is 1. The Bertz CT molecular complexity index is 1180. The second-order valence-electron chi connectivity index (χ2n) is 8.37. The number of nitrogens with one attached hydrogen (secondary N) is 1. The van der Waals surface area contributed by atoms with E-state index in [1.807, 2.05) is 64.1 Å². The van der Waals surface area contributed by atoms with E-state index < -0.39 is 23.7 Å². The average Bonchev–Trinajstić information content (AvgIpc) is 2.77. The van der Waals surface area contributed by atoms with Crippen molar-refractivity contribution in [3.8, 4) is 5.75 Å². The van der Waals surface area contributed by atoms with Crippen LogP contribution in [0.2, 0.25) is 0 Å². The van der Waals surface area contributed by atoms with Crippen LogP contribution in [0.5, 0.6) is 5.75 Å². The van der Waals surface area contributed by atoms with Crippen LogP contribution in [0.3, 0.4) is 0 Å². The molecule has 174 valence electrons. The number of hydrogen-bond acceptors (Lipinski definition) is 6. The zero-order chi connectivity index (χ0) is 24.0. The number of rotatable bonds is 8. The Hall–Kier alpha value is -3.61. The van der Waals surface area contributed by atoms with Crippen molar-refractivity contribution in [1.82, 2.24) is 5.32 Å². The molecule has 1 amide bonds. The lowest BCUT2D eigenvalue weighted by molar-refractivity contribution is -0.137. The van der Waals surface area contributed by atoms with Crippen molar-refractivity contribution in [2.75, 3.05) is 0 Å². The van der Waals surface area contributed by atoms with Crippen LogP contribution < -0.4 is 15.7 Å². The van der Waals surface area contributed by atoms with Crippen LogP contribution in [-0.4, -0.2) is 18.1 Å². The van der Waals surface area contributed by atoms with Crippen LogP contribution in [0, 0.1) is 12.8 Å². The van der Waals surface area contributed by atoms with Crippen LogP contribution in [0.25, 0.3) is 11.0 Å². The maximum Gasteiger partial charge on any atom is 0.408 e. The highest BCUT2D eigenvalue weighted by molar-refractivity contribution is 5.86. The highest BCUT2D eigenvalue weighted by Crippen LogP contribution is 2.28. The number of alkyl carbamates (subject to hydrolysis) is 1. The van der Waals surface area contributed by atoms with Gasteiger partial charge in [-0.05, 0) is 48.4 Å². The summed E-state index contributed by atoms with van der Waals surface area (Å²) in [5, 5.41) is 3.41. The van der Waals surface area contributed by atoms with Gasteiger partial charge < -0.3 is 19.2 Å². The number of carbonyl (C=O) groups is 2. The quantitative estimate of drug-likeness (QED) is 0.297. The molecular formula is C26H29NO6. The Morgan fingerprint density at radius 3 is 2.48 bits per heavy atom. The first-order valence-electron chi connectivity index (χ1n) is 11.0. The molecule has 1 atom stereocenters. The molecule has 7 nitrogen and oxygen atoms in total. The predicted molar refractivity (Wildman–Crippen MR) is 125 cm³/mol. The zero-order valence-electron chi connectivity index (χ0n) is 19.3. The van der Waals surface area contributed by atoms with Gasteiger partial charge in [0.15, 0.2) is 0 Å². The molecule has 33 heavy (non-hydrogen) atoms. The summed E-state index contributed by atoms with van der Waals surface area (Å²) in [5.74, 6) is -0.179. The molecule has 0 aliphatic carbocycles. The van der Waals surface area contributed by atoms with Gasteiger partial charge >= 0.3 is 17.7 Å². The summed E-state index contributed by atoms with van der Waals surface area (Å²) in [4.78, 5) is 37.1. The monoisotopic (exact) mass is 451 g/mol. The van der Waals surface area contributed by atoms with Crippen molar-refractivity contribution in [2.45, 2.75) is 53.2 Å². The van der Waals surface area contributed by atoms with Gasteiger partial charge in [-0.15, -0.1) is 0 Å². The summed E-state index contributed by atoms with van der Waals surface area (Å²) in [6.45, 7) is 7.76. The third-order valence-electron chi connectivity index (χ3n) is 5.22. The Kier molecular flexibility index (Phi) is 7.87. The van der Waals surface area contributed by atoms with E-state index >= 15 is 0 Å². The van der Waals surface area contributed by atoms with E-state index in [1.54, 1.807) is 6.07 Å². The highest BCUT2D eigenvalue weighted by atomic mass is 16.6. The number of ether oxygens (including phenoxy) is 2. The summed E-state index contributed by atoms with van der Waals surface area (Å²) in [6.07, 6.45) is 0.290. The second kappa shape index (κ2) is 10.8. The Morgan fingerprint density at radius 1 is 1.09 bits per heavy atom. The van der Waals surface area contributed by atoms with E-state index in [0.717, 1.165) is 22.1 Å². The van der Waals surface area contributed by atoms with Crippen LogP contribution in [0.15, 0.2) is 57.7 Å². The highest BCUT2D eigenvalue weighted by Gasteiger charge is 2.26. The third-order valence-corrected chi connectivity index (χ3v) is 5.22. The van der Waals surface area contributed by atoms with E-state index in [9.17, 15) is 14.4 Å². The molecule has 0 bridgehead atoms. The van der Waals surface area contributed by atoms with Gasteiger partial charge in [0.05, 0.1) is 0 Å². The molecule has 0 fully saturated rings.